The molecule has 1 atom stereocenters. The van der Waals surface area contributed by atoms with E-state index in [0.29, 0.717) is 0 Å². The summed E-state index contributed by atoms with van der Waals surface area (Å²) >= 11 is 0. The molecule has 0 N–H and O–H groups in total. The zero-order chi connectivity index (χ0) is 10.6. The summed E-state index contributed by atoms with van der Waals surface area (Å²) in [7, 11) is 2.95. The first-order valence-electron chi connectivity index (χ1n) is 5.75. The predicted octanol–water partition coefficient (Wildman–Crippen LogP) is 3.20. The summed E-state index contributed by atoms with van der Waals surface area (Å²) in [5.41, 5.74) is 0. The third-order valence-electron chi connectivity index (χ3n) is 2.27. The molecule has 0 aliphatic rings. The highest BCUT2D eigenvalue weighted by Gasteiger charge is 1.97. The Morgan fingerprint density at radius 3 is 2.14 bits per heavy atom. The molecule has 0 aromatic carbocycles. The van der Waals surface area contributed by atoms with Crippen LogP contribution in [0.4, 0.5) is 0 Å². The molecule has 0 aromatic heterocycles. The molecule has 14 heavy (non-hydrogen) atoms. The molecule has 0 rings (SSSR count). The van der Waals surface area contributed by atoms with Gasteiger partial charge in [0.2, 0.25) is 10.5 Å². The first-order valence-corrected chi connectivity index (χ1v) is 6.16. The summed E-state index contributed by atoms with van der Waals surface area (Å²) in [4.78, 5) is 0. The molecule has 0 aliphatic carbocycles. The smallest absolute Gasteiger partial charge is 0.249 e. The maximum Gasteiger partial charge on any atom is 0.249 e. The normalized spacial score (nSPS) is 13.1. The van der Waals surface area contributed by atoms with Crippen molar-refractivity contribution in [1.82, 2.24) is 0 Å². The summed E-state index contributed by atoms with van der Waals surface area (Å²) in [6, 6.07) is 0. The van der Waals surface area contributed by atoms with E-state index in [1.807, 2.05) is 6.92 Å². The van der Waals surface area contributed by atoms with Crippen molar-refractivity contribution >= 4 is 10.5 Å². The summed E-state index contributed by atoms with van der Waals surface area (Å²) in [5.74, 6) is 0. The Hall–Kier alpha value is 0.137. The number of hydrogen-bond acceptors (Lipinski definition) is 2. The zero-order valence-electron chi connectivity index (χ0n) is 9.55. The quantitative estimate of drug-likeness (QED) is 0.316. The van der Waals surface area contributed by atoms with Crippen molar-refractivity contribution in [1.29, 1.82) is 0 Å². The van der Waals surface area contributed by atoms with Gasteiger partial charge in [0.1, 0.15) is 6.29 Å². The first kappa shape index (κ1) is 14.1. The lowest BCUT2D eigenvalue weighted by Crippen LogP contribution is -2.11. The third kappa shape index (κ3) is 10.2. The van der Waals surface area contributed by atoms with Gasteiger partial charge in [0.15, 0.2) is 0 Å². The van der Waals surface area contributed by atoms with Crippen molar-refractivity contribution in [3.05, 3.63) is 0 Å². The van der Waals surface area contributed by atoms with E-state index in [4.69, 9.17) is 9.16 Å². The lowest BCUT2D eigenvalue weighted by Gasteiger charge is -2.10. The second kappa shape index (κ2) is 11.2. The Balaban J connectivity index is 2.92. The minimum atomic E-state index is -0.133. The van der Waals surface area contributed by atoms with Gasteiger partial charge in [0.25, 0.3) is 0 Å². The molecule has 0 amide bonds. The van der Waals surface area contributed by atoms with E-state index in [1.54, 1.807) is 0 Å². The average Bonchev–Trinajstić information content (AvgIpc) is 2.21. The van der Waals surface area contributed by atoms with Gasteiger partial charge >= 0.3 is 0 Å². The molecule has 0 saturated heterocycles. The Kier molecular flexibility index (Phi) is 11.3. The zero-order valence-corrected chi connectivity index (χ0v) is 10.6. The van der Waals surface area contributed by atoms with Crippen LogP contribution in [0.1, 0.15) is 58.8 Å². The van der Waals surface area contributed by atoms with Crippen LogP contribution in [-0.2, 0) is 9.16 Å². The van der Waals surface area contributed by atoms with Crippen LogP contribution < -0.4 is 0 Å². The molecule has 0 aliphatic heterocycles. The molecular formula is C11H23O2Si. The maximum atomic E-state index is 5.35. The summed E-state index contributed by atoms with van der Waals surface area (Å²) < 4.78 is 10.1. The highest BCUT2D eigenvalue weighted by Crippen LogP contribution is 2.07. The van der Waals surface area contributed by atoms with Crippen LogP contribution in [0.2, 0.25) is 0 Å². The Bertz CT molecular complexity index is 109. The van der Waals surface area contributed by atoms with Crippen LogP contribution in [0, 0.1) is 0 Å². The monoisotopic (exact) mass is 215 g/mol. The van der Waals surface area contributed by atoms with Crippen LogP contribution in [0.25, 0.3) is 0 Å². The molecule has 83 valence electrons. The summed E-state index contributed by atoms with van der Waals surface area (Å²) in [6.07, 6.45) is 9.09. The topological polar surface area (TPSA) is 18.5 Å². The fourth-order valence-electron chi connectivity index (χ4n) is 1.34. The molecule has 0 saturated carbocycles. The lowest BCUT2D eigenvalue weighted by molar-refractivity contribution is -0.0639. The van der Waals surface area contributed by atoms with Crippen LogP contribution in [0.15, 0.2) is 0 Å². The van der Waals surface area contributed by atoms with Gasteiger partial charge in [-0.05, 0) is 13.3 Å². The van der Waals surface area contributed by atoms with Crippen molar-refractivity contribution in [2.45, 2.75) is 65.1 Å². The number of ether oxygens (including phenoxy) is 1. The van der Waals surface area contributed by atoms with Crippen LogP contribution in [-0.4, -0.2) is 23.4 Å². The fraction of sp³-hybridized carbons (Fsp3) is 1.00. The van der Waals surface area contributed by atoms with E-state index in [2.05, 4.69) is 17.4 Å². The maximum absolute atomic E-state index is 5.35. The Morgan fingerprint density at radius 1 is 1.00 bits per heavy atom. The molecule has 0 heterocycles. The highest BCUT2D eigenvalue weighted by molar-refractivity contribution is 5.98. The second-order valence-electron chi connectivity index (χ2n) is 3.68. The van der Waals surface area contributed by atoms with Gasteiger partial charge in [-0.1, -0.05) is 45.4 Å². The van der Waals surface area contributed by atoms with Crippen LogP contribution in [0.3, 0.4) is 0 Å². The fourth-order valence-corrected chi connectivity index (χ4v) is 1.41. The largest absolute Gasteiger partial charge is 0.394 e. The number of rotatable bonds is 10. The predicted molar refractivity (Wildman–Crippen MR) is 60.2 cm³/mol. The Labute approximate surface area is 91.9 Å². The van der Waals surface area contributed by atoms with Gasteiger partial charge in [-0.3, -0.25) is 0 Å². The van der Waals surface area contributed by atoms with E-state index in [0.717, 1.165) is 13.0 Å². The third-order valence-corrected chi connectivity index (χ3v) is 2.60. The highest BCUT2D eigenvalue weighted by atomic mass is 28.2. The molecule has 3 radical (unpaired) electrons. The second-order valence-corrected chi connectivity index (χ2v) is 3.91. The SMILES string of the molecule is CCCCCCCCCOC(C)O[Si]. The van der Waals surface area contributed by atoms with Crippen molar-refractivity contribution < 1.29 is 9.16 Å². The lowest BCUT2D eigenvalue weighted by atomic mass is 10.1. The van der Waals surface area contributed by atoms with Gasteiger partial charge in [-0.25, -0.2) is 0 Å². The van der Waals surface area contributed by atoms with Crippen molar-refractivity contribution in [2.75, 3.05) is 6.61 Å². The molecule has 0 bridgehead atoms. The average molecular weight is 215 g/mol. The van der Waals surface area contributed by atoms with Gasteiger partial charge in [-0.2, -0.15) is 0 Å². The summed E-state index contributed by atoms with van der Waals surface area (Å²) in [6.45, 7) is 4.93. The Morgan fingerprint density at radius 2 is 1.57 bits per heavy atom. The summed E-state index contributed by atoms with van der Waals surface area (Å²) in [5, 5.41) is 0. The molecule has 2 nitrogen and oxygen atoms in total. The van der Waals surface area contributed by atoms with E-state index in [1.165, 1.54) is 38.5 Å². The first-order chi connectivity index (χ1) is 6.81. The minimum Gasteiger partial charge on any atom is -0.394 e. The van der Waals surface area contributed by atoms with Crippen LogP contribution >= 0.6 is 0 Å². The molecule has 3 heteroatoms. The van der Waals surface area contributed by atoms with E-state index < -0.39 is 0 Å². The van der Waals surface area contributed by atoms with Crippen molar-refractivity contribution in [3.63, 3.8) is 0 Å². The molecule has 1 unspecified atom stereocenters. The minimum absolute atomic E-state index is 0.133. The van der Waals surface area contributed by atoms with Crippen molar-refractivity contribution in [2.24, 2.45) is 0 Å². The van der Waals surface area contributed by atoms with Gasteiger partial charge < -0.3 is 9.16 Å². The number of unbranched alkanes of at least 4 members (excludes halogenated alkanes) is 6. The van der Waals surface area contributed by atoms with Gasteiger partial charge in [-0.15, -0.1) is 0 Å². The van der Waals surface area contributed by atoms with E-state index >= 15 is 0 Å². The van der Waals surface area contributed by atoms with Gasteiger partial charge in [0, 0.05) is 6.61 Å². The molecule has 0 aromatic rings. The molecule has 0 fully saturated rings. The molecule has 0 spiro atoms. The van der Waals surface area contributed by atoms with E-state index in [9.17, 15) is 0 Å². The van der Waals surface area contributed by atoms with E-state index in [-0.39, 0.29) is 6.29 Å². The van der Waals surface area contributed by atoms with Crippen LogP contribution in [0.5, 0.6) is 0 Å². The standard InChI is InChI=1S/C11H23O2Si/c1-3-4-5-6-7-8-9-10-12-11(2)13-14/h11H,3-10H2,1-2H3. The van der Waals surface area contributed by atoms with Crippen molar-refractivity contribution in [3.8, 4) is 0 Å². The molecular weight excluding hydrogens is 192 g/mol. The number of hydrogen-bond donors (Lipinski definition) is 0. The van der Waals surface area contributed by atoms with Gasteiger partial charge in [0.05, 0.1) is 0 Å².